The molecular formula is C18H31N. The molecule has 108 valence electrons. The van der Waals surface area contributed by atoms with E-state index in [1.165, 1.54) is 24.0 Å². The van der Waals surface area contributed by atoms with Gasteiger partial charge in [0.2, 0.25) is 0 Å². The van der Waals surface area contributed by atoms with E-state index >= 15 is 0 Å². The SMILES string of the molecule is Cc1ccccc1C(C)NC(CC(C)C)CC(C)C. The highest BCUT2D eigenvalue weighted by Crippen LogP contribution is 2.21. The molecule has 19 heavy (non-hydrogen) atoms. The van der Waals surface area contributed by atoms with Crippen molar-refractivity contribution in [3.05, 3.63) is 35.4 Å². The third-order valence-electron chi connectivity index (χ3n) is 3.65. The van der Waals surface area contributed by atoms with E-state index < -0.39 is 0 Å². The van der Waals surface area contributed by atoms with E-state index in [-0.39, 0.29) is 0 Å². The van der Waals surface area contributed by atoms with Crippen LogP contribution in [-0.2, 0) is 0 Å². The number of hydrogen-bond donors (Lipinski definition) is 1. The van der Waals surface area contributed by atoms with Crippen molar-refractivity contribution >= 4 is 0 Å². The number of aryl methyl sites for hydroxylation is 1. The Labute approximate surface area is 119 Å². The second-order valence-electron chi connectivity index (χ2n) is 6.70. The first kappa shape index (κ1) is 16.2. The van der Waals surface area contributed by atoms with Crippen molar-refractivity contribution in [1.29, 1.82) is 0 Å². The predicted octanol–water partition coefficient (Wildman–Crippen LogP) is 5.11. The van der Waals surface area contributed by atoms with Crippen molar-refractivity contribution in [1.82, 2.24) is 5.32 Å². The minimum atomic E-state index is 0.434. The van der Waals surface area contributed by atoms with Crippen LogP contribution in [0.4, 0.5) is 0 Å². The van der Waals surface area contributed by atoms with Gasteiger partial charge in [-0.3, -0.25) is 0 Å². The van der Waals surface area contributed by atoms with Crippen molar-refractivity contribution in [2.75, 3.05) is 0 Å². The Hall–Kier alpha value is -0.820. The Morgan fingerprint density at radius 1 is 0.895 bits per heavy atom. The van der Waals surface area contributed by atoms with Crippen LogP contribution in [0, 0.1) is 18.8 Å². The molecule has 1 heteroatoms. The van der Waals surface area contributed by atoms with Crippen LogP contribution in [0.25, 0.3) is 0 Å². The predicted molar refractivity (Wildman–Crippen MR) is 85.4 cm³/mol. The van der Waals surface area contributed by atoms with Gasteiger partial charge in [0.05, 0.1) is 0 Å². The van der Waals surface area contributed by atoms with Gasteiger partial charge in [-0.05, 0) is 49.7 Å². The largest absolute Gasteiger partial charge is 0.307 e. The average Bonchev–Trinajstić information content (AvgIpc) is 2.27. The molecule has 1 rings (SSSR count). The van der Waals surface area contributed by atoms with Gasteiger partial charge in [0, 0.05) is 12.1 Å². The maximum atomic E-state index is 3.84. The first-order chi connectivity index (χ1) is 8.90. The van der Waals surface area contributed by atoms with E-state index in [2.05, 4.69) is 71.1 Å². The van der Waals surface area contributed by atoms with Gasteiger partial charge in [-0.15, -0.1) is 0 Å². The van der Waals surface area contributed by atoms with Gasteiger partial charge in [0.25, 0.3) is 0 Å². The summed E-state index contributed by atoms with van der Waals surface area (Å²) in [6, 6.07) is 9.76. The molecular weight excluding hydrogens is 230 g/mol. The molecule has 1 aromatic carbocycles. The van der Waals surface area contributed by atoms with Crippen molar-refractivity contribution in [2.45, 2.75) is 66.5 Å². The number of rotatable bonds is 7. The van der Waals surface area contributed by atoms with Gasteiger partial charge in [0.15, 0.2) is 0 Å². The molecule has 0 spiro atoms. The minimum absolute atomic E-state index is 0.434. The lowest BCUT2D eigenvalue weighted by Gasteiger charge is -2.27. The second-order valence-corrected chi connectivity index (χ2v) is 6.70. The summed E-state index contributed by atoms with van der Waals surface area (Å²) in [7, 11) is 0. The average molecular weight is 261 g/mol. The molecule has 1 nitrogen and oxygen atoms in total. The lowest BCUT2D eigenvalue weighted by atomic mass is 9.93. The van der Waals surface area contributed by atoms with Crippen LogP contribution in [0.2, 0.25) is 0 Å². The third kappa shape index (κ3) is 5.78. The molecule has 0 amide bonds. The molecule has 0 aliphatic carbocycles. The van der Waals surface area contributed by atoms with Crippen molar-refractivity contribution in [2.24, 2.45) is 11.8 Å². The molecule has 0 aliphatic rings. The molecule has 0 bridgehead atoms. The fraction of sp³-hybridized carbons (Fsp3) is 0.667. The molecule has 1 N–H and O–H groups in total. The van der Waals surface area contributed by atoms with Crippen LogP contribution < -0.4 is 5.32 Å². The highest BCUT2D eigenvalue weighted by molar-refractivity contribution is 5.28. The zero-order valence-corrected chi connectivity index (χ0v) is 13.5. The van der Waals surface area contributed by atoms with Gasteiger partial charge < -0.3 is 5.32 Å². The molecule has 0 saturated heterocycles. The first-order valence-corrected chi connectivity index (χ1v) is 7.71. The van der Waals surface area contributed by atoms with Crippen molar-refractivity contribution in [3.63, 3.8) is 0 Å². The Bertz CT molecular complexity index is 358. The lowest BCUT2D eigenvalue weighted by Crippen LogP contribution is -2.34. The molecule has 0 heterocycles. The monoisotopic (exact) mass is 261 g/mol. The van der Waals surface area contributed by atoms with Gasteiger partial charge in [-0.2, -0.15) is 0 Å². The van der Waals surface area contributed by atoms with Crippen LogP contribution in [0.3, 0.4) is 0 Å². The summed E-state index contributed by atoms with van der Waals surface area (Å²) in [6.07, 6.45) is 2.52. The number of benzene rings is 1. The first-order valence-electron chi connectivity index (χ1n) is 7.71. The standard InChI is InChI=1S/C18H31N/c1-13(2)11-17(12-14(3)4)19-16(6)18-10-8-7-9-15(18)5/h7-10,13-14,16-17,19H,11-12H2,1-6H3. The summed E-state index contributed by atoms with van der Waals surface area (Å²) in [5, 5.41) is 3.84. The van der Waals surface area contributed by atoms with Crippen LogP contribution >= 0.6 is 0 Å². The Morgan fingerprint density at radius 3 is 1.89 bits per heavy atom. The van der Waals surface area contributed by atoms with Crippen molar-refractivity contribution < 1.29 is 0 Å². The van der Waals surface area contributed by atoms with Crippen molar-refractivity contribution in [3.8, 4) is 0 Å². The zero-order chi connectivity index (χ0) is 14.4. The highest BCUT2D eigenvalue weighted by Gasteiger charge is 2.16. The zero-order valence-electron chi connectivity index (χ0n) is 13.5. The smallest absolute Gasteiger partial charge is 0.0296 e. The van der Waals surface area contributed by atoms with E-state index in [0.29, 0.717) is 12.1 Å². The summed E-state index contributed by atoms with van der Waals surface area (Å²) >= 11 is 0. The van der Waals surface area contributed by atoms with Crippen LogP contribution in [0.15, 0.2) is 24.3 Å². The third-order valence-corrected chi connectivity index (χ3v) is 3.65. The molecule has 0 radical (unpaired) electrons. The maximum absolute atomic E-state index is 3.84. The van der Waals surface area contributed by atoms with Crippen LogP contribution in [0.1, 0.15) is 64.6 Å². The molecule has 1 unspecified atom stereocenters. The molecule has 0 aromatic heterocycles. The number of hydrogen-bond acceptors (Lipinski definition) is 1. The summed E-state index contributed by atoms with van der Waals surface area (Å²) < 4.78 is 0. The van der Waals surface area contributed by atoms with E-state index in [1.54, 1.807) is 0 Å². The summed E-state index contributed by atoms with van der Waals surface area (Å²) in [5.74, 6) is 1.50. The number of nitrogens with one attached hydrogen (secondary N) is 1. The molecule has 1 aromatic rings. The normalized spacial score (nSPS) is 13.5. The van der Waals surface area contributed by atoms with E-state index in [4.69, 9.17) is 0 Å². The summed E-state index contributed by atoms with van der Waals surface area (Å²) in [5.41, 5.74) is 2.82. The molecule has 0 aliphatic heterocycles. The quantitative estimate of drug-likeness (QED) is 0.719. The lowest BCUT2D eigenvalue weighted by molar-refractivity contribution is 0.335. The maximum Gasteiger partial charge on any atom is 0.0296 e. The Morgan fingerprint density at radius 2 is 1.42 bits per heavy atom. The minimum Gasteiger partial charge on any atom is -0.307 e. The summed E-state index contributed by atoms with van der Waals surface area (Å²) in [6.45, 7) is 13.7. The van der Waals surface area contributed by atoms with Crippen LogP contribution in [0.5, 0.6) is 0 Å². The Kier molecular flexibility index (Phi) is 6.57. The fourth-order valence-electron chi connectivity index (χ4n) is 2.89. The fourth-order valence-corrected chi connectivity index (χ4v) is 2.89. The van der Waals surface area contributed by atoms with Crippen LogP contribution in [-0.4, -0.2) is 6.04 Å². The summed E-state index contributed by atoms with van der Waals surface area (Å²) in [4.78, 5) is 0. The second kappa shape index (κ2) is 7.69. The van der Waals surface area contributed by atoms with Gasteiger partial charge in [-0.25, -0.2) is 0 Å². The molecule has 0 fully saturated rings. The van der Waals surface area contributed by atoms with Gasteiger partial charge in [-0.1, -0.05) is 52.0 Å². The highest BCUT2D eigenvalue weighted by atomic mass is 14.9. The van der Waals surface area contributed by atoms with E-state index in [1.807, 2.05) is 0 Å². The molecule has 0 saturated carbocycles. The Balaban J connectivity index is 2.70. The topological polar surface area (TPSA) is 12.0 Å². The molecule has 1 atom stereocenters. The van der Waals surface area contributed by atoms with E-state index in [0.717, 1.165) is 11.8 Å². The van der Waals surface area contributed by atoms with Gasteiger partial charge >= 0.3 is 0 Å². The van der Waals surface area contributed by atoms with Gasteiger partial charge in [0.1, 0.15) is 0 Å². The van der Waals surface area contributed by atoms with E-state index in [9.17, 15) is 0 Å².